The molecule has 1 aliphatic carbocycles. The lowest BCUT2D eigenvalue weighted by atomic mass is 10.0. The molecule has 0 bridgehead atoms. The van der Waals surface area contributed by atoms with Gasteiger partial charge in [0.1, 0.15) is 11.4 Å². The van der Waals surface area contributed by atoms with Crippen LogP contribution in [0.15, 0.2) is 24.4 Å². The van der Waals surface area contributed by atoms with Gasteiger partial charge in [0, 0.05) is 44.1 Å². The summed E-state index contributed by atoms with van der Waals surface area (Å²) in [7, 11) is 5.49. The number of amides is 2. The van der Waals surface area contributed by atoms with Crippen LogP contribution in [0.1, 0.15) is 68.6 Å². The second kappa shape index (κ2) is 13.4. The van der Waals surface area contributed by atoms with Crippen molar-refractivity contribution in [3.63, 3.8) is 0 Å². The van der Waals surface area contributed by atoms with Gasteiger partial charge in [-0.25, -0.2) is 4.98 Å². The molecular weight excluding hydrogens is 530 g/mol. The molecule has 0 spiro atoms. The number of hydrogen-bond donors (Lipinski definition) is 2. The average molecular weight is 574 g/mol. The number of hydrogen-bond acceptors (Lipinski definition) is 8. The Bertz CT molecular complexity index is 1340. The second-order valence-electron chi connectivity index (χ2n) is 11.6. The van der Waals surface area contributed by atoms with Crippen LogP contribution in [0.3, 0.4) is 0 Å². The number of nitrogens with one attached hydrogen (secondary N) is 2. The van der Waals surface area contributed by atoms with E-state index in [9.17, 15) is 9.59 Å². The van der Waals surface area contributed by atoms with E-state index < -0.39 is 0 Å². The molecule has 3 heterocycles. The predicted octanol–water partition coefficient (Wildman–Crippen LogP) is 4.20. The molecule has 2 aromatic rings. The monoisotopic (exact) mass is 573 g/mol. The first-order valence-corrected chi connectivity index (χ1v) is 15.2. The summed E-state index contributed by atoms with van der Waals surface area (Å²) in [4.78, 5) is 42.3. The fraction of sp³-hybridized carbons (Fsp3) is 0.562. The van der Waals surface area contributed by atoms with E-state index >= 15 is 0 Å². The summed E-state index contributed by atoms with van der Waals surface area (Å²) in [6.45, 7) is 4.56. The highest BCUT2D eigenvalue weighted by atomic mass is 16.5. The number of methoxy groups -OCH3 is 1. The molecule has 224 valence electrons. The minimum absolute atomic E-state index is 0.0437. The molecule has 2 N–H and O–H groups in total. The topological polar surface area (TPSA) is 103 Å². The molecule has 42 heavy (non-hydrogen) atoms. The fourth-order valence-corrected chi connectivity index (χ4v) is 6.16. The number of aromatic nitrogens is 2. The Labute approximate surface area is 249 Å². The summed E-state index contributed by atoms with van der Waals surface area (Å²) in [5.41, 5.74) is 1.91. The van der Waals surface area contributed by atoms with Crippen LogP contribution >= 0.6 is 0 Å². The van der Waals surface area contributed by atoms with Crippen LogP contribution in [0.4, 0.5) is 23.1 Å². The van der Waals surface area contributed by atoms with Gasteiger partial charge >= 0.3 is 0 Å². The van der Waals surface area contributed by atoms with Crippen LogP contribution < -0.4 is 25.2 Å². The fourth-order valence-electron chi connectivity index (χ4n) is 6.16. The van der Waals surface area contributed by atoms with Crippen LogP contribution in [0.25, 0.3) is 0 Å². The van der Waals surface area contributed by atoms with E-state index in [-0.39, 0.29) is 23.8 Å². The van der Waals surface area contributed by atoms with E-state index in [0.717, 1.165) is 51.0 Å². The lowest BCUT2D eigenvalue weighted by Crippen LogP contribution is -2.43. The molecule has 3 aliphatic rings. The third-order valence-corrected chi connectivity index (χ3v) is 8.66. The highest BCUT2D eigenvalue weighted by molar-refractivity contribution is 5.99. The minimum Gasteiger partial charge on any atom is -0.495 e. The Morgan fingerprint density at radius 2 is 1.88 bits per heavy atom. The summed E-state index contributed by atoms with van der Waals surface area (Å²) in [6.07, 6.45) is 9.41. The van der Waals surface area contributed by atoms with Crippen molar-refractivity contribution in [1.82, 2.24) is 20.2 Å². The second-order valence-corrected chi connectivity index (χ2v) is 11.6. The molecule has 1 atom stereocenters. The number of fused-ring (bicyclic) bond motifs is 1. The number of carbonyl (C=O) groups excluding carboxylic acids is 2. The van der Waals surface area contributed by atoms with Crippen molar-refractivity contribution in [2.75, 3.05) is 56.0 Å². The van der Waals surface area contributed by atoms with E-state index in [4.69, 9.17) is 9.72 Å². The highest BCUT2D eigenvalue weighted by Crippen LogP contribution is 2.38. The molecule has 1 aromatic heterocycles. The Hall–Kier alpha value is -3.84. The maximum absolute atomic E-state index is 13.5. The summed E-state index contributed by atoms with van der Waals surface area (Å²) in [5, 5.41) is 6.46. The number of nitrogens with zero attached hydrogens (tertiary/aromatic N) is 5. The summed E-state index contributed by atoms with van der Waals surface area (Å²) >= 11 is 0. The van der Waals surface area contributed by atoms with Crippen molar-refractivity contribution in [3.8, 4) is 17.6 Å². The zero-order chi connectivity index (χ0) is 29.6. The maximum atomic E-state index is 13.5. The number of ether oxygens (including phenoxy) is 1. The Morgan fingerprint density at radius 3 is 2.60 bits per heavy atom. The minimum atomic E-state index is -0.228. The quantitative estimate of drug-likeness (QED) is 0.476. The molecule has 1 saturated carbocycles. The zero-order valence-corrected chi connectivity index (χ0v) is 25.3. The van der Waals surface area contributed by atoms with Gasteiger partial charge in [0.05, 0.1) is 24.9 Å². The third-order valence-electron chi connectivity index (χ3n) is 8.66. The van der Waals surface area contributed by atoms with Crippen molar-refractivity contribution >= 4 is 35.0 Å². The van der Waals surface area contributed by atoms with Crippen molar-refractivity contribution in [3.05, 3.63) is 30.0 Å². The molecule has 1 unspecified atom stereocenters. The van der Waals surface area contributed by atoms with Crippen LogP contribution in [-0.2, 0) is 4.79 Å². The van der Waals surface area contributed by atoms with Gasteiger partial charge in [-0.2, -0.15) is 4.98 Å². The number of likely N-dealkylation sites (tertiary alicyclic amines) is 1. The number of benzene rings is 1. The Balaban J connectivity index is 1.38. The van der Waals surface area contributed by atoms with E-state index in [0.29, 0.717) is 47.6 Å². The van der Waals surface area contributed by atoms with Gasteiger partial charge in [-0.3, -0.25) is 9.59 Å². The SMILES string of the molecule is CCC#CCC1CN(C2CCCC2)c2nc(Nc3ccc(C(=O)NC4CCN(C)CC4)cc3OC)ncc2N(C)C1=O. The number of anilines is 4. The maximum Gasteiger partial charge on any atom is 0.251 e. The zero-order valence-electron chi connectivity index (χ0n) is 25.3. The number of carbonyl (C=O) groups is 2. The van der Waals surface area contributed by atoms with Gasteiger partial charge in [0.2, 0.25) is 11.9 Å². The number of piperidine rings is 1. The molecule has 0 radical (unpaired) electrons. The van der Waals surface area contributed by atoms with Crippen LogP contribution in [0.2, 0.25) is 0 Å². The van der Waals surface area contributed by atoms with E-state index in [1.54, 1.807) is 37.4 Å². The lowest BCUT2D eigenvalue weighted by Gasteiger charge is -2.31. The van der Waals surface area contributed by atoms with Crippen molar-refractivity contribution in [1.29, 1.82) is 0 Å². The number of rotatable bonds is 7. The van der Waals surface area contributed by atoms with E-state index in [1.165, 1.54) is 12.8 Å². The van der Waals surface area contributed by atoms with Gasteiger partial charge in [0.15, 0.2) is 5.82 Å². The molecule has 2 aliphatic heterocycles. The van der Waals surface area contributed by atoms with E-state index in [1.807, 2.05) is 13.0 Å². The molecule has 10 nitrogen and oxygen atoms in total. The molecule has 1 aromatic carbocycles. The first kappa shape index (κ1) is 29.6. The van der Waals surface area contributed by atoms with Crippen molar-refractivity contribution in [2.24, 2.45) is 5.92 Å². The molecule has 2 fully saturated rings. The largest absolute Gasteiger partial charge is 0.495 e. The molecule has 1 saturated heterocycles. The average Bonchev–Trinajstić information content (AvgIpc) is 3.51. The van der Waals surface area contributed by atoms with Gasteiger partial charge in [0.25, 0.3) is 5.91 Å². The van der Waals surface area contributed by atoms with Gasteiger partial charge in [-0.15, -0.1) is 11.8 Å². The Kier molecular flexibility index (Phi) is 9.48. The van der Waals surface area contributed by atoms with Crippen LogP contribution in [0, 0.1) is 17.8 Å². The van der Waals surface area contributed by atoms with Crippen molar-refractivity contribution in [2.45, 2.75) is 70.4 Å². The van der Waals surface area contributed by atoms with Crippen LogP contribution in [-0.4, -0.2) is 79.6 Å². The smallest absolute Gasteiger partial charge is 0.251 e. The van der Waals surface area contributed by atoms with E-state index in [2.05, 4.69) is 44.3 Å². The molecule has 2 amide bonds. The standard InChI is InChI=1S/C32H43N7O3/c1-5-6-7-10-23-21-39(25-11-8-9-12-25)29-27(38(3)31(23)41)20-33-32(36-29)35-26-14-13-22(19-28(26)42-4)30(40)34-24-15-17-37(2)18-16-24/h13-14,19-20,23-25H,5,8-12,15-18,21H2,1-4H3,(H,34,40)(H,33,35,36). The van der Waals surface area contributed by atoms with Gasteiger partial charge < -0.3 is 30.1 Å². The summed E-state index contributed by atoms with van der Waals surface area (Å²) in [5.74, 6) is 7.72. The predicted molar refractivity (Wildman–Crippen MR) is 165 cm³/mol. The molecule has 10 heteroatoms. The third kappa shape index (κ3) is 6.62. The molecule has 5 rings (SSSR count). The summed E-state index contributed by atoms with van der Waals surface area (Å²) < 4.78 is 5.66. The normalized spacial score (nSPS) is 20.0. The lowest BCUT2D eigenvalue weighted by molar-refractivity contribution is -0.121. The van der Waals surface area contributed by atoms with Crippen molar-refractivity contribution < 1.29 is 14.3 Å². The Morgan fingerprint density at radius 1 is 1.12 bits per heavy atom. The molecular formula is C32H43N7O3. The van der Waals surface area contributed by atoms with Gasteiger partial charge in [-0.1, -0.05) is 19.8 Å². The highest BCUT2D eigenvalue weighted by Gasteiger charge is 2.36. The van der Waals surface area contributed by atoms with Gasteiger partial charge in [-0.05, 0) is 64.0 Å². The first-order valence-electron chi connectivity index (χ1n) is 15.2. The first-order chi connectivity index (χ1) is 20.4. The summed E-state index contributed by atoms with van der Waals surface area (Å²) in [6, 6.07) is 5.86. The van der Waals surface area contributed by atoms with Crippen LogP contribution in [0.5, 0.6) is 5.75 Å².